The van der Waals surface area contributed by atoms with Gasteiger partial charge in [-0.2, -0.15) is 13.9 Å². The van der Waals surface area contributed by atoms with E-state index in [2.05, 4.69) is 15.2 Å². The Hall–Kier alpha value is -2.49. The lowest BCUT2D eigenvalue weighted by atomic mass is 9.84. The molecule has 0 aliphatic heterocycles. The summed E-state index contributed by atoms with van der Waals surface area (Å²) in [5.74, 6) is -1.44. The predicted octanol–water partition coefficient (Wildman–Crippen LogP) is 4.48. The summed E-state index contributed by atoms with van der Waals surface area (Å²) < 4.78 is 96.4. The minimum Gasteiger partial charge on any atom is -0.434 e. The average molecular weight is 646 g/mol. The highest BCUT2D eigenvalue weighted by molar-refractivity contribution is 7.91. The number of aliphatic hydroxyl groups is 2. The van der Waals surface area contributed by atoms with Crippen molar-refractivity contribution in [3.05, 3.63) is 34.5 Å². The maximum Gasteiger partial charge on any atom is 0.387 e. The standard InChI is InChI=1S/C26H33ClF5N3O6S/c1-3-35-21(17-6-5-15(13-18(17)41-24(31)32)26(38,23(29)30)9-4-12-28)19(27)20(34-35)22(36)33-14-25(37)10-7-16(8-11-25)42(2,39)40/h5-6,13,16,23-24,37-38H,3-4,7-12,14H2,1-2H3,(H,33,36). The van der Waals surface area contributed by atoms with E-state index in [1.54, 1.807) is 6.92 Å². The molecule has 0 radical (unpaired) electrons. The molecule has 1 aromatic carbocycles. The fraction of sp³-hybridized carbons (Fsp3) is 0.615. The van der Waals surface area contributed by atoms with E-state index in [1.165, 1.54) is 4.68 Å². The van der Waals surface area contributed by atoms with E-state index in [0.29, 0.717) is 0 Å². The molecular formula is C26H33ClF5N3O6S. The second-order valence-electron chi connectivity index (χ2n) is 10.4. The highest BCUT2D eigenvalue weighted by Gasteiger charge is 2.40. The van der Waals surface area contributed by atoms with Crippen LogP contribution in [-0.2, 0) is 22.0 Å². The molecular weight excluding hydrogens is 613 g/mol. The molecule has 1 aromatic heterocycles. The zero-order chi connectivity index (χ0) is 31.5. The number of halogens is 6. The third-order valence-corrected chi connectivity index (χ3v) is 9.50. The van der Waals surface area contributed by atoms with Crippen LogP contribution in [0.5, 0.6) is 5.75 Å². The highest BCUT2D eigenvalue weighted by atomic mass is 35.5. The molecule has 0 bridgehead atoms. The van der Waals surface area contributed by atoms with Gasteiger partial charge in [-0.15, -0.1) is 0 Å². The molecule has 42 heavy (non-hydrogen) atoms. The van der Waals surface area contributed by atoms with Gasteiger partial charge in [0, 0.05) is 24.9 Å². The van der Waals surface area contributed by atoms with Crippen LogP contribution in [0.15, 0.2) is 18.2 Å². The summed E-state index contributed by atoms with van der Waals surface area (Å²) in [4.78, 5) is 13.0. The average Bonchev–Trinajstić information content (AvgIpc) is 3.25. The van der Waals surface area contributed by atoms with Crippen LogP contribution in [0.2, 0.25) is 5.02 Å². The summed E-state index contributed by atoms with van der Waals surface area (Å²) in [7, 11) is -3.27. The number of rotatable bonds is 13. The van der Waals surface area contributed by atoms with Crippen LogP contribution in [0.1, 0.15) is 61.5 Å². The second-order valence-corrected chi connectivity index (χ2v) is 13.1. The van der Waals surface area contributed by atoms with E-state index < -0.39 is 76.1 Å². The number of hydrogen-bond acceptors (Lipinski definition) is 7. The monoisotopic (exact) mass is 645 g/mol. The van der Waals surface area contributed by atoms with Gasteiger partial charge in [0.25, 0.3) is 12.3 Å². The number of benzene rings is 1. The summed E-state index contributed by atoms with van der Waals surface area (Å²) >= 11 is 6.49. The zero-order valence-corrected chi connectivity index (χ0v) is 24.5. The Morgan fingerprint density at radius 2 is 1.93 bits per heavy atom. The number of alkyl halides is 5. The summed E-state index contributed by atoms with van der Waals surface area (Å²) in [5.41, 5.74) is -5.20. The molecule has 0 spiro atoms. The first-order valence-electron chi connectivity index (χ1n) is 13.2. The fourth-order valence-corrected chi connectivity index (χ4v) is 6.44. The molecule has 9 nitrogen and oxygen atoms in total. The lowest BCUT2D eigenvalue weighted by Crippen LogP contribution is -2.47. The van der Waals surface area contributed by atoms with Crippen molar-refractivity contribution in [3.63, 3.8) is 0 Å². The Bertz CT molecular complexity index is 1370. The van der Waals surface area contributed by atoms with Gasteiger partial charge in [0.05, 0.1) is 28.2 Å². The van der Waals surface area contributed by atoms with E-state index in [9.17, 15) is 45.4 Å². The normalized spacial score (nSPS) is 21.0. The Morgan fingerprint density at radius 1 is 1.29 bits per heavy atom. The number of ether oxygens (including phenoxy) is 1. The van der Waals surface area contributed by atoms with Gasteiger partial charge in [-0.3, -0.25) is 13.9 Å². The third-order valence-electron chi connectivity index (χ3n) is 7.46. The Kier molecular flexibility index (Phi) is 10.9. The van der Waals surface area contributed by atoms with Crippen molar-refractivity contribution >= 4 is 27.3 Å². The number of nitrogens with one attached hydrogen (secondary N) is 1. The second kappa shape index (κ2) is 13.4. The van der Waals surface area contributed by atoms with Crippen LogP contribution in [-0.4, -0.2) is 77.7 Å². The number of aromatic nitrogens is 2. The van der Waals surface area contributed by atoms with E-state index in [4.69, 9.17) is 11.6 Å². The van der Waals surface area contributed by atoms with E-state index in [0.717, 1.165) is 24.5 Å². The van der Waals surface area contributed by atoms with Gasteiger partial charge in [0.1, 0.15) is 15.6 Å². The molecule has 1 atom stereocenters. The number of amides is 1. The van der Waals surface area contributed by atoms with Crippen LogP contribution in [0, 0.1) is 0 Å². The first-order valence-corrected chi connectivity index (χ1v) is 15.5. The van der Waals surface area contributed by atoms with Crippen LogP contribution in [0.4, 0.5) is 22.0 Å². The van der Waals surface area contributed by atoms with Crippen molar-refractivity contribution in [3.8, 4) is 17.0 Å². The lowest BCUT2D eigenvalue weighted by Gasteiger charge is -2.35. The first kappa shape index (κ1) is 34.0. The number of nitrogens with zero attached hydrogens (tertiary/aromatic N) is 2. The van der Waals surface area contributed by atoms with Crippen LogP contribution in [0.25, 0.3) is 11.3 Å². The van der Waals surface area contributed by atoms with Gasteiger partial charge >= 0.3 is 6.61 Å². The number of hydrogen-bond donors (Lipinski definition) is 3. The maximum absolute atomic E-state index is 13.8. The Labute approximate surface area is 244 Å². The van der Waals surface area contributed by atoms with Crippen molar-refractivity contribution in [2.45, 2.75) is 81.5 Å². The molecule has 1 fully saturated rings. The van der Waals surface area contributed by atoms with Crippen LogP contribution in [0.3, 0.4) is 0 Å². The summed E-state index contributed by atoms with van der Waals surface area (Å²) in [5, 5.41) is 27.3. The van der Waals surface area contributed by atoms with Crippen LogP contribution < -0.4 is 10.1 Å². The van der Waals surface area contributed by atoms with Gasteiger partial charge in [-0.25, -0.2) is 17.2 Å². The number of carbonyl (C=O) groups is 1. The number of aryl methyl sites for hydroxylation is 1. The smallest absolute Gasteiger partial charge is 0.387 e. The van der Waals surface area contributed by atoms with Gasteiger partial charge < -0.3 is 20.3 Å². The zero-order valence-electron chi connectivity index (χ0n) is 22.9. The molecule has 3 rings (SSSR count). The molecule has 236 valence electrons. The summed E-state index contributed by atoms with van der Waals surface area (Å²) in [6, 6.07) is 2.94. The summed E-state index contributed by atoms with van der Waals surface area (Å²) in [6.45, 7) is -2.91. The molecule has 1 unspecified atom stereocenters. The lowest BCUT2D eigenvalue weighted by molar-refractivity contribution is -0.109. The van der Waals surface area contributed by atoms with E-state index in [1.807, 2.05) is 0 Å². The van der Waals surface area contributed by atoms with Crippen molar-refractivity contribution in [2.75, 3.05) is 19.5 Å². The van der Waals surface area contributed by atoms with Gasteiger partial charge in [0.15, 0.2) is 11.3 Å². The van der Waals surface area contributed by atoms with Gasteiger partial charge in [0.2, 0.25) is 0 Å². The predicted molar refractivity (Wildman–Crippen MR) is 144 cm³/mol. The fourth-order valence-electron chi connectivity index (χ4n) is 5.03. The molecule has 3 N–H and O–H groups in total. The van der Waals surface area contributed by atoms with Crippen molar-refractivity contribution in [2.24, 2.45) is 0 Å². The van der Waals surface area contributed by atoms with Crippen molar-refractivity contribution in [1.29, 1.82) is 0 Å². The molecule has 1 saturated carbocycles. The van der Waals surface area contributed by atoms with Gasteiger partial charge in [-0.05, 0) is 63.1 Å². The Balaban J connectivity index is 1.93. The van der Waals surface area contributed by atoms with Gasteiger partial charge in [-0.1, -0.05) is 17.7 Å². The number of carbonyl (C=O) groups excluding carboxylic acids is 1. The van der Waals surface area contributed by atoms with Crippen molar-refractivity contribution < 1.29 is 50.1 Å². The molecule has 1 heterocycles. The first-order chi connectivity index (χ1) is 19.6. The summed E-state index contributed by atoms with van der Waals surface area (Å²) in [6.07, 6.45) is -2.64. The molecule has 1 aliphatic rings. The largest absolute Gasteiger partial charge is 0.434 e. The number of sulfone groups is 1. The quantitative estimate of drug-likeness (QED) is 0.274. The molecule has 1 aliphatic carbocycles. The molecule has 1 amide bonds. The minimum atomic E-state index is -3.40. The van der Waals surface area contributed by atoms with E-state index in [-0.39, 0.29) is 60.7 Å². The molecule has 2 aromatic rings. The van der Waals surface area contributed by atoms with Crippen LogP contribution >= 0.6 is 11.6 Å². The molecule has 0 saturated heterocycles. The molecule has 16 heteroatoms. The minimum absolute atomic E-state index is 0.0526. The van der Waals surface area contributed by atoms with Crippen molar-refractivity contribution in [1.82, 2.24) is 15.1 Å². The topological polar surface area (TPSA) is 131 Å². The SMILES string of the molecule is CCn1nc(C(=O)NCC2(O)CCC(S(C)(=O)=O)CC2)c(Cl)c1-c1ccc(C(O)(CCCF)C(F)F)cc1OC(F)F. The Morgan fingerprint density at radius 3 is 2.45 bits per heavy atom. The van der Waals surface area contributed by atoms with E-state index >= 15 is 0 Å². The highest BCUT2D eigenvalue weighted by Crippen LogP contribution is 2.42. The maximum atomic E-state index is 13.8. The third kappa shape index (κ3) is 7.53.